The van der Waals surface area contributed by atoms with Crippen LogP contribution >= 0.6 is 11.8 Å². The van der Waals surface area contributed by atoms with Crippen LogP contribution in [0, 0.1) is 13.8 Å². The van der Waals surface area contributed by atoms with Crippen molar-refractivity contribution in [1.29, 1.82) is 0 Å². The molecule has 2 rings (SSSR count). The van der Waals surface area contributed by atoms with Gasteiger partial charge in [-0.15, -0.1) is 11.8 Å². The van der Waals surface area contributed by atoms with Gasteiger partial charge in [-0.3, -0.25) is 4.79 Å². The van der Waals surface area contributed by atoms with Gasteiger partial charge in [0.25, 0.3) is 0 Å². The number of ether oxygens (including phenoxy) is 2. The maximum atomic E-state index is 12.5. The molecule has 1 unspecified atom stereocenters. The Morgan fingerprint density at radius 1 is 1.04 bits per heavy atom. The zero-order chi connectivity index (χ0) is 17.7. The summed E-state index contributed by atoms with van der Waals surface area (Å²) in [5.74, 6) is 1.31. The van der Waals surface area contributed by atoms with Gasteiger partial charge in [0.15, 0.2) is 11.5 Å². The molecular weight excluding hydrogens is 322 g/mol. The van der Waals surface area contributed by atoms with Crippen LogP contribution < -0.4 is 14.8 Å². The third-order valence-corrected chi connectivity index (χ3v) is 4.86. The fourth-order valence-electron chi connectivity index (χ4n) is 2.38. The molecule has 0 aromatic heterocycles. The molecule has 0 bridgehead atoms. The minimum Gasteiger partial charge on any atom is -0.493 e. The van der Waals surface area contributed by atoms with Crippen LogP contribution in [0.15, 0.2) is 41.3 Å². The zero-order valence-electron chi connectivity index (χ0n) is 14.7. The highest BCUT2D eigenvalue weighted by atomic mass is 32.2. The van der Waals surface area contributed by atoms with Crippen molar-refractivity contribution in [2.24, 2.45) is 0 Å². The van der Waals surface area contributed by atoms with E-state index in [0.29, 0.717) is 11.5 Å². The van der Waals surface area contributed by atoms with E-state index in [0.717, 1.165) is 21.7 Å². The van der Waals surface area contributed by atoms with Crippen molar-refractivity contribution in [2.45, 2.75) is 30.9 Å². The predicted octanol–water partition coefficient (Wildman–Crippen LogP) is 4.44. The van der Waals surface area contributed by atoms with Crippen LogP contribution in [0.2, 0.25) is 0 Å². The molecule has 2 aromatic rings. The third kappa shape index (κ3) is 4.23. The molecule has 0 spiro atoms. The third-order valence-electron chi connectivity index (χ3n) is 3.77. The minimum atomic E-state index is -0.234. The number of rotatable bonds is 6. The number of methoxy groups -OCH3 is 2. The van der Waals surface area contributed by atoms with Crippen LogP contribution in [0.1, 0.15) is 18.1 Å². The predicted molar refractivity (Wildman–Crippen MR) is 99.4 cm³/mol. The first-order chi connectivity index (χ1) is 11.5. The van der Waals surface area contributed by atoms with E-state index in [1.165, 1.54) is 11.8 Å². The van der Waals surface area contributed by atoms with Gasteiger partial charge >= 0.3 is 0 Å². The van der Waals surface area contributed by atoms with Gasteiger partial charge in [0.1, 0.15) is 0 Å². The molecule has 0 aliphatic rings. The molecule has 24 heavy (non-hydrogen) atoms. The number of amides is 1. The van der Waals surface area contributed by atoms with Crippen LogP contribution in [-0.2, 0) is 4.79 Å². The van der Waals surface area contributed by atoms with Gasteiger partial charge in [0.2, 0.25) is 5.91 Å². The number of nitrogens with one attached hydrogen (secondary N) is 1. The highest BCUT2D eigenvalue weighted by Gasteiger charge is 2.17. The summed E-state index contributed by atoms with van der Waals surface area (Å²) in [6.45, 7) is 5.88. The molecule has 1 atom stereocenters. The van der Waals surface area contributed by atoms with Crippen molar-refractivity contribution in [3.8, 4) is 11.5 Å². The second-order valence-corrected chi connectivity index (χ2v) is 6.95. The number of carbonyl (C=O) groups excluding carboxylic acids is 1. The van der Waals surface area contributed by atoms with E-state index < -0.39 is 0 Å². The molecule has 0 saturated heterocycles. The second kappa shape index (κ2) is 8.11. The van der Waals surface area contributed by atoms with Crippen LogP contribution in [0.5, 0.6) is 11.5 Å². The number of thioether (sulfide) groups is 1. The Labute approximate surface area is 147 Å². The van der Waals surface area contributed by atoms with E-state index in [9.17, 15) is 4.79 Å². The monoisotopic (exact) mass is 345 g/mol. The summed E-state index contributed by atoms with van der Waals surface area (Å²) < 4.78 is 10.5. The molecule has 128 valence electrons. The summed E-state index contributed by atoms with van der Waals surface area (Å²) in [6.07, 6.45) is 0. The van der Waals surface area contributed by atoms with E-state index in [4.69, 9.17) is 9.47 Å². The minimum absolute atomic E-state index is 0.0211. The Morgan fingerprint density at radius 2 is 1.67 bits per heavy atom. The summed E-state index contributed by atoms with van der Waals surface area (Å²) >= 11 is 1.48. The topological polar surface area (TPSA) is 47.6 Å². The standard InChI is InChI=1S/C19H23NO3S/c1-12-7-6-8-13(2)18(12)20-19(21)14(3)24-15-9-10-16(22-4)17(11-15)23-5/h6-11,14H,1-5H3,(H,20,21). The quantitative estimate of drug-likeness (QED) is 0.786. The van der Waals surface area contributed by atoms with E-state index >= 15 is 0 Å². The van der Waals surface area contributed by atoms with Crippen molar-refractivity contribution in [3.05, 3.63) is 47.5 Å². The molecule has 2 aromatic carbocycles. The van der Waals surface area contributed by atoms with Crippen LogP contribution in [0.25, 0.3) is 0 Å². The Hall–Kier alpha value is -2.14. The summed E-state index contributed by atoms with van der Waals surface area (Å²) in [5, 5.41) is 2.80. The number of benzene rings is 2. The van der Waals surface area contributed by atoms with Gasteiger partial charge in [-0.05, 0) is 50.1 Å². The van der Waals surface area contributed by atoms with Gasteiger partial charge in [-0.1, -0.05) is 18.2 Å². The van der Waals surface area contributed by atoms with Crippen molar-refractivity contribution in [2.75, 3.05) is 19.5 Å². The lowest BCUT2D eigenvalue weighted by atomic mass is 10.1. The molecular formula is C19H23NO3S. The average Bonchev–Trinajstić information content (AvgIpc) is 2.57. The van der Waals surface area contributed by atoms with Gasteiger partial charge in [-0.25, -0.2) is 0 Å². The zero-order valence-corrected chi connectivity index (χ0v) is 15.5. The Morgan fingerprint density at radius 3 is 2.25 bits per heavy atom. The van der Waals surface area contributed by atoms with Crippen molar-refractivity contribution >= 4 is 23.4 Å². The molecule has 4 nitrogen and oxygen atoms in total. The molecule has 0 heterocycles. The van der Waals surface area contributed by atoms with Crippen LogP contribution in [-0.4, -0.2) is 25.4 Å². The van der Waals surface area contributed by atoms with Crippen molar-refractivity contribution < 1.29 is 14.3 Å². The average molecular weight is 345 g/mol. The Balaban J connectivity index is 2.09. The van der Waals surface area contributed by atoms with E-state index in [1.807, 2.05) is 57.2 Å². The number of hydrogen-bond acceptors (Lipinski definition) is 4. The van der Waals surface area contributed by atoms with Gasteiger partial charge in [0.05, 0.1) is 19.5 Å². The Kier molecular flexibility index (Phi) is 6.15. The molecule has 0 saturated carbocycles. The molecule has 5 heteroatoms. The highest BCUT2D eigenvalue weighted by molar-refractivity contribution is 8.00. The molecule has 1 N–H and O–H groups in total. The van der Waals surface area contributed by atoms with Gasteiger partial charge < -0.3 is 14.8 Å². The lowest BCUT2D eigenvalue weighted by Crippen LogP contribution is -2.23. The number of anilines is 1. The number of hydrogen-bond donors (Lipinski definition) is 1. The van der Waals surface area contributed by atoms with E-state index in [1.54, 1.807) is 14.2 Å². The summed E-state index contributed by atoms with van der Waals surface area (Å²) in [5.41, 5.74) is 3.01. The maximum Gasteiger partial charge on any atom is 0.237 e. The fraction of sp³-hybridized carbons (Fsp3) is 0.316. The molecule has 0 radical (unpaired) electrons. The van der Waals surface area contributed by atoms with Crippen LogP contribution in [0.4, 0.5) is 5.69 Å². The van der Waals surface area contributed by atoms with E-state index in [2.05, 4.69) is 5.32 Å². The first-order valence-electron chi connectivity index (χ1n) is 7.72. The van der Waals surface area contributed by atoms with Gasteiger partial charge in [-0.2, -0.15) is 0 Å². The van der Waals surface area contributed by atoms with Crippen molar-refractivity contribution in [3.63, 3.8) is 0 Å². The summed E-state index contributed by atoms with van der Waals surface area (Å²) in [7, 11) is 3.20. The highest BCUT2D eigenvalue weighted by Crippen LogP contribution is 2.34. The second-order valence-electron chi connectivity index (χ2n) is 5.53. The smallest absolute Gasteiger partial charge is 0.237 e. The first kappa shape index (κ1) is 18.2. The SMILES string of the molecule is COc1ccc(SC(C)C(=O)Nc2c(C)cccc2C)cc1OC. The number of para-hydroxylation sites is 1. The first-order valence-corrected chi connectivity index (χ1v) is 8.60. The lowest BCUT2D eigenvalue weighted by molar-refractivity contribution is -0.115. The molecule has 0 fully saturated rings. The van der Waals surface area contributed by atoms with Crippen molar-refractivity contribution in [1.82, 2.24) is 0 Å². The van der Waals surface area contributed by atoms with E-state index in [-0.39, 0.29) is 11.2 Å². The fourth-order valence-corrected chi connectivity index (χ4v) is 3.28. The molecule has 0 aliphatic heterocycles. The Bertz CT molecular complexity index is 710. The molecule has 1 amide bonds. The summed E-state index contributed by atoms with van der Waals surface area (Å²) in [4.78, 5) is 13.5. The van der Waals surface area contributed by atoms with Gasteiger partial charge in [0, 0.05) is 10.6 Å². The largest absolute Gasteiger partial charge is 0.493 e. The molecule has 0 aliphatic carbocycles. The lowest BCUT2D eigenvalue weighted by Gasteiger charge is -2.16. The number of aryl methyl sites for hydroxylation is 2. The van der Waals surface area contributed by atoms with Crippen LogP contribution in [0.3, 0.4) is 0 Å². The summed E-state index contributed by atoms with van der Waals surface area (Å²) in [6, 6.07) is 11.6. The maximum absolute atomic E-state index is 12.5. The normalized spacial score (nSPS) is 11.7. The number of carbonyl (C=O) groups is 1.